The van der Waals surface area contributed by atoms with E-state index in [1.54, 1.807) is 6.21 Å². The van der Waals surface area contributed by atoms with Crippen molar-refractivity contribution in [3.63, 3.8) is 0 Å². The van der Waals surface area contributed by atoms with Gasteiger partial charge >= 0.3 is 0 Å². The highest BCUT2D eigenvalue weighted by molar-refractivity contribution is 7.12. The summed E-state index contributed by atoms with van der Waals surface area (Å²) in [6.07, 6.45) is 2.73. The maximum atomic E-state index is 12.5. The second-order valence-corrected chi connectivity index (χ2v) is 7.70. The van der Waals surface area contributed by atoms with Crippen LogP contribution in [-0.4, -0.2) is 12.1 Å². The zero-order valence-electron chi connectivity index (χ0n) is 14.7. The van der Waals surface area contributed by atoms with E-state index >= 15 is 0 Å². The van der Waals surface area contributed by atoms with E-state index in [0.717, 1.165) is 16.9 Å². The molecule has 0 spiro atoms. The number of thiophene rings is 1. The van der Waals surface area contributed by atoms with Crippen molar-refractivity contribution in [3.8, 4) is 11.1 Å². The van der Waals surface area contributed by atoms with E-state index in [1.165, 1.54) is 23.3 Å². The first-order valence-electron chi connectivity index (χ1n) is 8.69. The van der Waals surface area contributed by atoms with Gasteiger partial charge in [0.05, 0.1) is 6.21 Å². The first-order valence-corrected chi connectivity index (χ1v) is 9.57. The Morgan fingerprint density at radius 1 is 1.23 bits per heavy atom. The van der Waals surface area contributed by atoms with Crippen molar-refractivity contribution in [2.75, 3.05) is 0 Å². The predicted molar refractivity (Wildman–Crippen MR) is 105 cm³/mol. The summed E-state index contributed by atoms with van der Waals surface area (Å²) in [6, 6.07) is 14.0. The number of carbonyl (C=O) groups is 1. The molecule has 3 aromatic rings. The van der Waals surface area contributed by atoms with Crippen LogP contribution >= 0.6 is 11.3 Å². The SMILES string of the molecule is Cc1ccc(-c2ccsc2C(=O)N/N=C\c2ccc([C@@H]3C[C@H]3C)o2)cc1. The van der Waals surface area contributed by atoms with Crippen molar-refractivity contribution in [1.29, 1.82) is 0 Å². The summed E-state index contributed by atoms with van der Waals surface area (Å²) in [5.74, 6) is 2.68. The van der Waals surface area contributed by atoms with E-state index in [2.05, 4.69) is 17.5 Å². The quantitative estimate of drug-likeness (QED) is 0.499. The third-order valence-electron chi connectivity index (χ3n) is 4.71. The van der Waals surface area contributed by atoms with Crippen LogP contribution in [0.25, 0.3) is 11.1 Å². The molecule has 2 heterocycles. The number of nitrogens with zero attached hydrogens (tertiary/aromatic N) is 1. The van der Waals surface area contributed by atoms with Gasteiger partial charge in [0, 0.05) is 11.5 Å². The van der Waals surface area contributed by atoms with Crippen LogP contribution in [0.15, 0.2) is 57.4 Å². The van der Waals surface area contributed by atoms with Crippen LogP contribution in [0, 0.1) is 12.8 Å². The van der Waals surface area contributed by atoms with Crippen molar-refractivity contribution in [1.82, 2.24) is 5.43 Å². The van der Waals surface area contributed by atoms with E-state index in [4.69, 9.17) is 4.42 Å². The normalized spacial score (nSPS) is 19.0. The van der Waals surface area contributed by atoms with Crippen LogP contribution in [0.5, 0.6) is 0 Å². The van der Waals surface area contributed by atoms with Crippen LogP contribution in [0.1, 0.15) is 46.0 Å². The number of aryl methyl sites for hydroxylation is 1. The molecule has 1 fully saturated rings. The minimum absolute atomic E-state index is 0.214. The molecule has 2 atom stereocenters. The largest absolute Gasteiger partial charge is 0.460 e. The molecule has 1 N–H and O–H groups in total. The summed E-state index contributed by atoms with van der Waals surface area (Å²) in [4.78, 5) is 13.1. The number of nitrogens with one attached hydrogen (secondary N) is 1. The Hall–Kier alpha value is -2.66. The zero-order chi connectivity index (χ0) is 18.1. The number of hydrogen-bond acceptors (Lipinski definition) is 4. The van der Waals surface area contributed by atoms with Gasteiger partial charge in [-0.2, -0.15) is 5.10 Å². The lowest BCUT2D eigenvalue weighted by Gasteiger charge is -2.03. The average molecular weight is 364 g/mol. The molecule has 1 amide bonds. The van der Waals surface area contributed by atoms with Crippen molar-refractivity contribution >= 4 is 23.5 Å². The fourth-order valence-electron chi connectivity index (χ4n) is 3.01. The Morgan fingerprint density at radius 3 is 2.73 bits per heavy atom. The topological polar surface area (TPSA) is 54.6 Å². The molecule has 1 aromatic carbocycles. The Bertz CT molecular complexity index is 953. The van der Waals surface area contributed by atoms with Gasteiger partial charge in [-0.1, -0.05) is 36.8 Å². The van der Waals surface area contributed by atoms with Crippen LogP contribution in [0.4, 0.5) is 0 Å². The highest BCUT2D eigenvalue weighted by Gasteiger charge is 2.36. The molecular formula is C21H20N2O2S. The van der Waals surface area contributed by atoms with Gasteiger partial charge in [-0.3, -0.25) is 4.79 Å². The van der Waals surface area contributed by atoms with E-state index in [0.29, 0.717) is 22.5 Å². The summed E-state index contributed by atoms with van der Waals surface area (Å²) in [5.41, 5.74) is 5.74. The second kappa shape index (κ2) is 6.92. The van der Waals surface area contributed by atoms with Crippen LogP contribution < -0.4 is 5.43 Å². The minimum atomic E-state index is -0.214. The average Bonchev–Trinajstić information content (AvgIpc) is 3.06. The number of carbonyl (C=O) groups excluding carboxylic acids is 1. The first-order chi connectivity index (χ1) is 12.6. The predicted octanol–water partition coefficient (Wildman–Crippen LogP) is 5.20. The molecule has 1 saturated carbocycles. The molecular weight excluding hydrogens is 344 g/mol. The molecule has 0 radical (unpaired) electrons. The molecule has 2 aromatic heterocycles. The highest BCUT2D eigenvalue weighted by Crippen LogP contribution is 2.47. The minimum Gasteiger partial charge on any atom is -0.460 e. The highest BCUT2D eigenvalue weighted by atomic mass is 32.1. The van der Waals surface area contributed by atoms with Gasteiger partial charge in [-0.15, -0.1) is 11.3 Å². The Balaban J connectivity index is 1.43. The second-order valence-electron chi connectivity index (χ2n) is 6.79. The van der Waals surface area contributed by atoms with Crippen molar-refractivity contribution in [3.05, 3.63) is 69.8 Å². The summed E-state index contributed by atoms with van der Waals surface area (Å²) < 4.78 is 5.76. The van der Waals surface area contributed by atoms with Gasteiger partial charge in [0.2, 0.25) is 0 Å². The monoisotopic (exact) mass is 364 g/mol. The number of hydrazone groups is 1. The van der Waals surface area contributed by atoms with Gasteiger partial charge in [0.1, 0.15) is 16.4 Å². The lowest BCUT2D eigenvalue weighted by Crippen LogP contribution is -2.16. The van der Waals surface area contributed by atoms with Crippen LogP contribution in [0.2, 0.25) is 0 Å². The van der Waals surface area contributed by atoms with Crippen molar-refractivity contribution in [2.24, 2.45) is 11.0 Å². The number of amides is 1. The molecule has 132 valence electrons. The zero-order valence-corrected chi connectivity index (χ0v) is 15.5. The number of rotatable bonds is 5. The summed E-state index contributed by atoms with van der Waals surface area (Å²) in [5, 5.41) is 5.97. The maximum absolute atomic E-state index is 12.5. The maximum Gasteiger partial charge on any atom is 0.282 e. The van der Waals surface area contributed by atoms with Gasteiger partial charge in [-0.05, 0) is 48.4 Å². The number of furan rings is 1. The van der Waals surface area contributed by atoms with Gasteiger partial charge in [0.15, 0.2) is 0 Å². The lowest BCUT2D eigenvalue weighted by molar-refractivity contribution is 0.0959. The molecule has 0 aliphatic heterocycles. The van der Waals surface area contributed by atoms with Gasteiger partial charge < -0.3 is 4.42 Å². The Morgan fingerprint density at radius 2 is 2.00 bits per heavy atom. The van der Waals surface area contributed by atoms with Gasteiger partial charge in [0.25, 0.3) is 5.91 Å². The van der Waals surface area contributed by atoms with Crippen LogP contribution in [0.3, 0.4) is 0 Å². The van der Waals surface area contributed by atoms with Crippen molar-refractivity contribution in [2.45, 2.75) is 26.2 Å². The fraction of sp³-hybridized carbons (Fsp3) is 0.238. The fourth-order valence-corrected chi connectivity index (χ4v) is 3.81. The molecule has 1 aliphatic carbocycles. The number of benzene rings is 1. The summed E-state index contributed by atoms with van der Waals surface area (Å²) in [7, 11) is 0. The van der Waals surface area contributed by atoms with E-state index in [1.807, 2.05) is 54.8 Å². The molecule has 1 aliphatic rings. The van der Waals surface area contributed by atoms with E-state index in [-0.39, 0.29) is 5.91 Å². The Kier molecular flexibility index (Phi) is 4.47. The summed E-state index contributed by atoms with van der Waals surface area (Å²) in [6.45, 7) is 4.26. The third-order valence-corrected chi connectivity index (χ3v) is 5.63. The smallest absolute Gasteiger partial charge is 0.282 e. The van der Waals surface area contributed by atoms with E-state index in [9.17, 15) is 4.79 Å². The third kappa shape index (κ3) is 3.48. The number of hydrogen-bond donors (Lipinski definition) is 1. The summed E-state index contributed by atoms with van der Waals surface area (Å²) >= 11 is 1.41. The molecule has 0 unspecified atom stereocenters. The molecule has 5 heteroatoms. The molecule has 4 rings (SSSR count). The molecule has 26 heavy (non-hydrogen) atoms. The first kappa shape index (κ1) is 16.8. The molecule has 0 saturated heterocycles. The lowest BCUT2D eigenvalue weighted by atomic mass is 10.1. The van der Waals surface area contributed by atoms with Crippen LogP contribution in [-0.2, 0) is 0 Å². The Labute approximate surface area is 156 Å². The standard InChI is InChI=1S/C21H20N2O2S/c1-13-3-5-15(6-4-13)17-9-10-26-20(17)21(24)23-22-12-16-7-8-19(25-16)18-11-14(18)2/h3-10,12,14,18H,11H2,1-2H3,(H,23,24)/b22-12-/t14-,18-/m1/s1. The molecule has 0 bridgehead atoms. The molecule has 4 nitrogen and oxygen atoms in total. The van der Waals surface area contributed by atoms with E-state index < -0.39 is 0 Å². The van der Waals surface area contributed by atoms with Crippen molar-refractivity contribution < 1.29 is 9.21 Å². The van der Waals surface area contributed by atoms with Gasteiger partial charge in [-0.25, -0.2) is 5.43 Å².